The monoisotopic (exact) mass is 316 g/mol. The van der Waals surface area contributed by atoms with Crippen molar-refractivity contribution in [2.75, 3.05) is 13.1 Å². The molecule has 1 saturated heterocycles. The lowest BCUT2D eigenvalue weighted by molar-refractivity contribution is -0.128. The number of benzene rings is 1. The third-order valence-electron chi connectivity index (χ3n) is 4.28. The first-order chi connectivity index (χ1) is 11.1. The Bertz CT molecular complexity index is 625. The zero-order valence-corrected chi connectivity index (χ0v) is 13.0. The first-order valence-electron chi connectivity index (χ1n) is 8.10. The van der Waals surface area contributed by atoms with E-state index in [1.807, 2.05) is 4.90 Å². The maximum absolute atomic E-state index is 13.0. The van der Waals surface area contributed by atoms with Crippen LogP contribution in [0.4, 0.5) is 4.39 Å². The van der Waals surface area contributed by atoms with Crippen molar-refractivity contribution >= 4 is 17.9 Å². The number of carbonyl (C=O) groups excluding carboxylic acids is 2. The highest BCUT2D eigenvalue weighted by Gasteiger charge is 2.39. The van der Waals surface area contributed by atoms with E-state index in [0.717, 1.165) is 24.9 Å². The van der Waals surface area contributed by atoms with Gasteiger partial charge in [-0.05, 0) is 30.5 Å². The molecule has 0 radical (unpaired) electrons. The number of rotatable bonds is 6. The van der Waals surface area contributed by atoms with Crippen LogP contribution in [-0.4, -0.2) is 35.8 Å². The molecule has 2 aliphatic rings. The highest BCUT2D eigenvalue weighted by molar-refractivity contribution is 5.80. The molecule has 1 N–H and O–H groups in total. The second-order valence-electron chi connectivity index (χ2n) is 6.31. The van der Waals surface area contributed by atoms with Gasteiger partial charge in [0.2, 0.25) is 11.8 Å². The normalized spacial score (nSPS) is 21.2. The van der Waals surface area contributed by atoms with Gasteiger partial charge >= 0.3 is 0 Å². The molecule has 1 aromatic carbocycles. The van der Waals surface area contributed by atoms with E-state index in [1.165, 1.54) is 12.1 Å². The fourth-order valence-electron chi connectivity index (χ4n) is 2.93. The summed E-state index contributed by atoms with van der Waals surface area (Å²) >= 11 is 0. The van der Waals surface area contributed by atoms with E-state index in [1.54, 1.807) is 24.3 Å². The van der Waals surface area contributed by atoms with Crippen molar-refractivity contribution in [1.29, 1.82) is 0 Å². The van der Waals surface area contributed by atoms with Crippen molar-refractivity contribution in [2.24, 2.45) is 5.92 Å². The number of nitrogens with one attached hydrogen (secondary N) is 1. The quantitative estimate of drug-likeness (QED) is 0.876. The van der Waals surface area contributed by atoms with Gasteiger partial charge in [0.25, 0.3) is 0 Å². The average Bonchev–Trinajstić information content (AvgIpc) is 3.29. The van der Waals surface area contributed by atoms with Crippen molar-refractivity contribution < 1.29 is 14.0 Å². The van der Waals surface area contributed by atoms with E-state index in [4.69, 9.17) is 0 Å². The van der Waals surface area contributed by atoms with Crippen LogP contribution in [0.1, 0.15) is 31.2 Å². The van der Waals surface area contributed by atoms with Gasteiger partial charge in [0, 0.05) is 37.9 Å². The van der Waals surface area contributed by atoms with E-state index in [-0.39, 0.29) is 30.0 Å². The van der Waals surface area contributed by atoms with Gasteiger partial charge in [-0.25, -0.2) is 4.39 Å². The fraction of sp³-hybridized carbons (Fsp3) is 0.444. The lowest BCUT2D eigenvalue weighted by atomic mass is 10.1. The van der Waals surface area contributed by atoms with Crippen LogP contribution in [0.5, 0.6) is 0 Å². The van der Waals surface area contributed by atoms with Gasteiger partial charge in [-0.3, -0.25) is 9.59 Å². The molecule has 1 saturated carbocycles. The predicted octanol–water partition coefficient (Wildman–Crippen LogP) is 2.36. The molecule has 4 nitrogen and oxygen atoms in total. The summed E-state index contributed by atoms with van der Waals surface area (Å²) in [6, 6.07) is 6.69. The van der Waals surface area contributed by atoms with Crippen molar-refractivity contribution in [2.45, 2.75) is 31.7 Å². The zero-order chi connectivity index (χ0) is 16.2. The summed E-state index contributed by atoms with van der Waals surface area (Å²) in [6.07, 6.45) is 6.49. The van der Waals surface area contributed by atoms with E-state index >= 15 is 0 Å². The largest absolute Gasteiger partial charge is 0.355 e. The molecule has 1 aromatic rings. The molecule has 23 heavy (non-hydrogen) atoms. The van der Waals surface area contributed by atoms with E-state index in [9.17, 15) is 14.0 Å². The van der Waals surface area contributed by atoms with Gasteiger partial charge in [-0.1, -0.05) is 24.3 Å². The number of hydrogen-bond donors (Lipinski definition) is 1. The summed E-state index contributed by atoms with van der Waals surface area (Å²) < 4.78 is 13.0. The standard InChI is InChI=1S/C18H21FN2O2/c19-15-5-1-3-13(9-15)4-2-6-17(22)20-11-14-10-18(23)21(12-14)16-7-8-16/h1-5,9,14,16H,6-8,10-12H2,(H,20,22)/b4-2+. The number of amides is 2. The van der Waals surface area contributed by atoms with Crippen molar-refractivity contribution in [3.8, 4) is 0 Å². The Morgan fingerprint density at radius 3 is 2.96 bits per heavy atom. The molecule has 2 fully saturated rings. The molecule has 0 aromatic heterocycles. The van der Waals surface area contributed by atoms with Crippen LogP contribution in [0.25, 0.3) is 6.08 Å². The maximum atomic E-state index is 13.0. The Hall–Kier alpha value is -2.17. The molecular weight excluding hydrogens is 295 g/mol. The summed E-state index contributed by atoms with van der Waals surface area (Å²) in [6.45, 7) is 1.31. The van der Waals surface area contributed by atoms with Crippen LogP contribution in [0, 0.1) is 11.7 Å². The van der Waals surface area contributed by atoms with Gasteiger partial charge < -0.3 is 10.2 Å². The average molecular weight is 316 g/mol. The summed E-state index contributed by atoms with van der Waals surface area (Å²) in [5.41, 5.74) is 0.735. The summed E-state index contributed by atoms with van der Waals surface area (Å²) in [4.78, 5) is 25.6. The molecule has 2 amide bonds. The molecule has 3 rings (SSSR count). The lowest BCUT2D eigenvalue weighted by Crippen LogP contribution is -2.31. The maximum Gasteiger partial charge on any atom is 0.223 e. The number of nitrogens with zero attached hydrogens (tertiary/aromatic N) is 1. The van der Waals surface area contributed by atoms with Gasteiger partial charge in [0.15, 0.2) is 0 Å². The van der Waals surface area contributed by atoms with Crippen LogP contribution in [0.3, 0.4) is 0 Å². The first kappa shape index (κ1) is 15.7. The Morgan fingerprint density at radius 1 is 1.39 bits per heavy atom. The third kappa shape index (κ3) is 4.41. The Labute approximate surface area is 135 Å². The van der Waals surface area contributed by atoms with Crippen LogP contribution >= 0.6 is 0 Å². The van der Waals surface area contributed by atoms with Gasteiger partial charge in [-0.2, -0.15) is 0 Å². The van der Waals surface area contributed by atoms with E-state index < -0.39 is 0 Å². The number of hydrogen-bond acceptors (Lipinski definition) is 2. The molecule has 1 heterocycles. The molecule has 1 unspecified atom stereocenters. The first-order valence-corrected chi connectivity index (χ1v) is 8.10. The lowest BCUT2D eigenvalue weighted by Gasteiger charge is -2.15. The van der Waals surface area contributed by atoms with Crippen molar-refractivity contribution in [1.82, 2.24) is 10.2 Å². The molecule has 1 aliphatic carbocycles. The molecule has 122 valence electrons. The van der Waals surface area contributed by atoms with Gasteiger partial charge in [0.05, 0.1) is 0 Å². The van der Waals surface area contributed by atoms with Crippen LogP contribution in [-0.2, 0) is 9.59 Å². The van der Waals surface area contributed by atoms with E-state index in [2.05, 4.69) is 5.32 Å². The van der Waals surface area contributed by atoms with Crippen LogP contribution in [0.15, 0.2) is 30.3 Å². The summed E-state index contributed by atoms with van der Waals surface area (Å²) in [5.74, 6) is 0.0784. The summed E-state index contributed by atoms with van der Waals surface area (Å²) in [7, 11) is 0. The number of halogens is 1. The predicted molar refractivity (Wildman–Crippen MR) is 85.9 cm³/mol. The molecule has 0 spiro atoms. The van der Waals surface area contributed by atoms with Crippen molar-refractivity contribution in [3.05, 3.63) is 41.7 Å². The highest BCUT2D eigenvalue weighted by Crippen LogP contribution is 2.32. The zero-order valence-electron chi connectivity index (χ0n) is 13.0. The molecule has 0 bridgehead atoms. The topological polar surface area (TPSA) is 49.4 Å². The highest BCUT2D eigenvalue weighted by atomic mass is 19.1. The number of carbonyl (C=O) groups is 2. The van der Waals surface area contributed by atoms with Crippen molar-refractivity contribution in [3.63, 3.8) is 0 Å². The Kier molecular flexibility index (Phi) is 4.74. The second kappa shape index (κ2) is 6.94. The van der Waals surface area contributed by atoms with Crippen LogP contribution < -0.4 is 5.32 Å². The molecule has 1 atom stereocenters. The minimum atomic E-state index is -0.289. The molecule has 5 heteroatoms. The smallest absolute Gasteiger partial charge is 0.223 e. The van der Waals surface area contributed by atoms with Gasteiger partial charge in [0.1, 0.15) is 5.82 Å². The van der Waals surface area contributed by atoms with E-state index in [0.29, 0.717) is 19.0 Å². The van der Waals surface area contributed by atoms with Crippen LogP contribution in [0.2, 0.25) is 0 Å². The SMILES string of the molecule is O=C(C/C=C/c1cccc(F)c1)NCC1CC(=O)N(C2CC2)C1. The fourth-order valence-corrected chi connectivity index (χ4v) is 2.93. The van der Waals surface area contributed by atoms with Gasteiger partial charge in [-0.15, -0.1) is 0 Å². The minimum absolute atomic E-state index is 0.0741. The summed E-state index contributed by atoms with van der Waals surface area (Å²) in [5, 5.41) is 2.88. The Morgan fingerprint density at radius 2 is 2.22 bits per heavy atom. The Balaban J connectivity index is 1.39. The molecule has 1 aliphatic heterocycles. The second-order valence-corrected chi connectivity index (χ2v) is 6.31. The third-order valence-corrected chi connectivity index (χ3v) is 4.28. The minimum Gasteiger partial charge on any atom is -0.355 e. The molecular formula is C18H21FN2O2. The number of likely N-dealkylation sites (tertiary alicyclic amines) is 1.